The van der Waals surface area contributed by atoms with Gasteiger partial charge in [-0.15, -0.1) is 0 Å². The number of rotatable bonds is 12. The van der Waals surface area contributed by atoms with E-state index in [1.165, 1.54) is 0 Å². The molecule has 0 bridgehead atoms. The van der Waals surface area contributed by atoms with Crippen molar-refractivity contribution >= 4 is 11.9 Å². The van der Waals surface area contributed by atoms with E-state index in [4.69, 9.17) is 14.6 Å². The number of hydrogen-bond donors (Lipinski definition) is 4. The van der Waals surface area contributed by atoms with Gasteiger partial charge in [-0.1, -0.05) is 62.6 Å². The lowest BCUT2D eigenvalue weighted by Gasteiger charge is -2.43. The zero-order valence-corrected chi connectivity index (χ0v) is 22.7. The maximum atomic E-state index is 13.5. The van der Waals surface area contributed by atoms with Crippen LogP contribution in [0.3, 0.4) is 0 Å². The summed E-state index contributed by atoms with van der Waals surface area (Å²) in [5.41, 5.74) is 0.851. The van der Waals surface area contributed by atoms with E-state index in [1.807, 2.05) is 50.3 Å². The minimum Gasteiger partial charge on any atom is -0.479 e. The van der Waals surface area contributed by atoms with E-state index in [9.17, 15) is 24.9 Å². The molecule has 0 saturated heterocycles. The lowest BCUT2D eigenvalue weighted by Crippen LogP contribution is -2.48. The van der Waals surface area contributed by atoms with Crippen LogP contribution in [0.4, 0.5) is 0 Å². The quantitative estimate of drug-likeness (QED) is 0.236. The highest BCUT2D eigenvalue weighted by Gasteiger charge is 2.44. The smallest absolute Gasteiger partial charge is 0.350 e. The van der Waals surface area contributed by atoms with Gasteiger partial charge in [0.15, 0.2) is 6.10 Å². The van der Waals surface area contributed by atoms with E-state index in [-0.39, 0.29) is 24.2 Å². The number of benzene rings is 1. The summed E-state index contributed by atoms with van der Waals surface area (Å²) in [6, 6.07) is 7.51. The second-order valence-corrected chi connectivity index (χ2v) is 11.0. The molecule has 210 valence electrons. The second kappa shape index (κ2) is 12.9. The van der Waals surface area contributed by atoms with Crippen LogP contribution < -0.4 is 4.74 Å². The molecule has 38 heavy (non-hydrogen) atoms. The molecule has 1 aromatic carbocycles. The largest absolute Gasteiger partial charge is 0.479 e. The monoisotopic (exact) mass is 530 g/mol. The van der Waals surface area contributed by atoms with Crippen LogP contribution in [-0.4, -0.2) is 62.4 Å². The highest BCUT2D eigenvalue weighted by atomic mass is 16.6. The fourth-order valence-electron chi connectivity index (χ4n) is 5.43. The van der Waals surface area contributed by atoms with Gasteiger partial charge in [0.05, 0.1) is 12.2 Å². The maximum absolute atomic E-state index is 13.5. The molecule has 0 aliphatic heterocycles. The minimum absolute atomic E-state index is 0.0997. The standard InChI is InChI=1S/C30H42O8/c1-5-30(4,38-22-14-10-18(2)11-15-22)29(36)37-25-17-21(31)16-20-13-12-19(3)23(26(20)25)8-6-7-9-24(32)27(33)28(34)35/h10-16,19,21,23-27,31-33H,5-9,17H2,1-4H3,(H,34,35). The van der Waals surface area contributed by atoms with E-state index >= 15 is 0 Å². The number of allylic oxidation sites excluding steroid dienone is 2. The zero-order chi connectivity index (χ0) is 28.0. The molecule has 0 fully saturated rings. The summed E-state index contributed by atoms with van der Waals surface area (Å²) >= 11 is 0. The number of hydrogen-bond acceptors (Lipinski definition) is 7. The number of carboxylic acids is 1. The van der Waals surface area contributed by atoms with Gasteiger partial charge in [-0.2, -0.15) is 0 Å². The highest BCUT2D eigenvalue weighted by molar-refractivity contribution is 5.79. The first kappa shape index (κ1) is 29.9. The van der Waals surface area contributed by atoms with Gasteiger partial charge < -0.3 is 29.9 Å². The van der Waals surface area contributed by atoms with Gasteiger partial charge in [0.1, 0.15) is 11.9 Å². The summed E-state index contributed by atoms with van der Waals surface area (Å²) in [5, 5.41) is 38.8. The number of fused-ring (bicyclic) bond motifs is 1. The third-order valence-corrected chi connectivity index (χ3v) is 8.01. The molecule has 0 amide bonds. The topological polar surface area (TPSA) is 134 Å². The van der Waals surface area contributed by atoms with Crippen molar-refractivity contribution in [2.75, 3.05) is 0 Å². The van der Waals surface area contributed by atoms with E-state index in [0.29, 0.717) is 31.4 Å². The molecular weight excluding hydrogens is 488 g/mol. The third kappa shape index (κ3) is 7.24. The Kier molecular flexibility index (Phi) is 10.2. The molecule has 0 heterocycles. The minimum atomic E-state index is -1.79. The molecule has 0 radical (unpaired) electrons. The molecule has 8 nitrogen and oxygen atoms in total. The van der Waals surface area contributed by atoms with Crippen molar-refractivity contribution < 1.29 is 39.5 Å². The van der Waals surface area contributed by atoms with Crippen molar-refractivity contribution in [3.05, 3.63) is 53.6 Å². The van der Waals surface area contributed by atoms with Crippen LogP contribution in [0.2, 0.25) is 0 Å². The second-order valence-electron chi connectivity index (χ2n) is 11.0. The van der Waals surface area contributed by atoms with Crippen LogP contribution in [-0.2, 0) is 14.3 Å². The number of carbonyl (C=O) groups excluding carboxylic acids is 1. The average molecular weight is 531 g/mol. The third-order valence-electron chi connectivity index (χ3n) is 8.01. The van der Waals surface area contributed by atoms with Crippen molar-refractivity contribution in [3.8, 4) is 5.75 Å². The summed E-state index contributed by atoms with van der Waals surface area (Å²) in [6.45, 7) is 7.69. The van der Waals surface area contributed by atoms with Crippen LogP contribution in [0.25, 0.3) is 0 Å². The number of ether oxygens (including phenoxy) is 2. The molecule has 2 aliphatic rings. The Balaban J connectivity index is 1.71. The number of carboxylic acid groups (broad SMARTS) is 1. The summed E-state index contributed by atoms with van der Waals surface area (Å²) in [6.07, 6.45) is 4.49. The molecule has 0 saturated carbocycles. The van der Waals surface area contributed by atoms with Crippen molar-refractivity contribution in [3.63, 3.8) is 0 Å². The van der Waals surface area contributed by atoms with Gasteiger partial charge >= 0.3 is 11.9 Å². The van der Waals surface area contributed by atoms with Gasteiger partial charge in [0.2, 0.25) is 5.60 Å². The van der Waals surface area contributed by atoms with E-state index in [2.05, 4.69) is 13.0 Å². The van der Waals surface area contributed by atoms with Crippen molar-refractivity contribution in [1.82, 2.24) is 0 Å². The number of aryl methyl sites for hydroxylation is 1. The number of aliphatic carboxylic acids is 1. The summed E-state index contributed by atoms with van der Waals surface area (Å²) in [4.78, 5) is 24.4. The number of aliphatic hydroxyl groups excluding tert-OH is 3. The maximum Gasteiger partial charge on any atom is 0.350 e. The van der Waals surface area contributed by atoms with Gasteiger partial charge in [0, 0.05) is 12.3 Å². The highest BCUT2D eigenvalue weighted by Crippen LogP contribution is 2.44. The normalized spacial score (nSPS) is 27.9. The number of esters is 1. The van der Waals surface area contributed by atoms with Gasteiger partial charge in [0.25, 0.3) is 0 Å². The van der Waals surface area contributed by atoms with E-state index < -0.39 is 42.0 Å². The Morgan fingerprint density at radius 2 is 1.84 bits per heavy atom. The Bertz CT molecular complexity index is 1020. The molecule has 2 aliphatic carbocycles. The van der Waals surface area contributed by atoms with Crippen LogP contribution in [0, 0.1) is 24.7 Å². The first-order valence-corrected chi connectivity index (χ1v) is 13.6. The van der Waals surface area contributed by atoms with Crippen LogP contribution in [0.5, 0.6) is 5.75 Å². The van der Waals surface area contributed by atoms with Crippen LogP contribution >= 0.6 is 0 Å². The summed E-state index contributed by atoms with van der Waals surface area (Å²) in [5.74, 6) is -1.09. The van der Waals surface area contributed by atoms with Crippen molar-refractivity contribution in [1.29, 1.82) is 0 Å². The van der Waals surface area contributed by atoms with E-state index in [0.717, 1.165) is 17.6 Å². The molecule has 8 unspecified atom stereocenters. The van der Waals surface area contributed by atoms with Crippen molar-refractivity contribution in [2.45, 2.75) is 96.2 Å². The van der Waals surface area contributed by atoms with Crippen molar-refractivity contribution in [2.24, 2.45) is 17.8 Å². The number of aliphatic hydroxyl groups is 3. The Labute approximate surface area is 225 Å². The molecule has 3 rings (SSSR count). The predicted octanol–water partition coefficient (Wildman–Crippen LogP) is 3.95. The number of unbranched alkanes of at least 4 members (excludes halogenated alkanes) is 1. The molecule has 0 spiro atoms. The lowest BCUT2D eigenvalue weighted by molar-refractivity contribution is -0.172. The molecule has 1 aromatic rings. The molecular formula is C30H42O8. The average Bonchev–Trinajstić information content (AvgIpc) is 2.88. The lowest BCUT2D eigenvalue weighted by atomic mass is 9.66. The fourth-order valence-corrected chi connectivity index (χ4v) is 5.43. The van der Waals surface area contributed by atoms with Crippen LogP contribution in [0.1, 0.15) is 64.9 Å². The van der Waals surface area contributed by atoms with E-state index in [1.54, 1.807) is 6.92 Å². The number of carbonyl (C=O) groups is 2. The van der Waals surface area contributed by atoms with Gasteiger partial charge in [-0.25, -0.2) is 9.59 Å². The SMILES string of the molecule is CCC(C)(Oc1ccc(C)cc1)C(=O)OC1CC(O)C=C2C=CC(C)C(CCCCC(O)C(O)C(=O)O)C21. The molecule has 0 aromatic heterocycles. The Morgan fingerprint density at radius 1 is 1.16 bits per heavy atom. The van der Waals surface area contributed by atoms with Gasteiger partial charge in [-0.3, -0.25) is 0 Å². The molecule has 4 N–H and O–H groups in total. The molecule has 8 heteroatoms. The summed E-state index contributed by atoms with van der Waals surface area (Å²) < 4.78 is 12.2. The van der Waals surface area contributed by atoms with Gasteiger partial charge in [-0.05, 0) is 62.7 Å². The zero-order valence-electron chi connectivity index (χ0n) is 22.7. The predicted molar refractivity (Wildman–Crippen MR) is 142 cm³/mol. The first-order chi connectivity index (χ1) is 17.9. The first-order valence-electron chi connectivity index (χ1n) is 13.6. The molecule has 8 atom stereocenters. The summed E-state index contributed by atoms with van der Waals surface area (Å²) in [7, 11) is 0. The Hall–Kier alpha value is -2.68. The Morgan fingerprint density at radius 3 is 2.47 bits per heavy atom. The fraction of sp³-hybridized carbons (Fsp3) is 0.600. The van der Waals surface area contributed by atoms with Crippen LogP contribution in [0.15, 0.2) is 48.1 Å².